The quantitative estimate of drug-likeness (QED) is 0.417. The Balaban J connectivity index is 1.45. The van der Waals surface area contributed by atoms with E-state index in [0.29, 0.717) is 17.1 Å². The van der Waals surface area contributed by atoms with Gasteiger partial charge >= 0.3 is 5.97 Å². The van der Waals surface area contributed by atoms with Crippen LogP contribution in [0.15, 0.2) is 66.2 Å². The number of nitriles is 1. The second kappa shape index (κ2) is 8.36. The van der Waals surface area contributed by atoms with Crippen LogP contribution >= 0.6 is 0 Å². The van der Waals surface area contributed by atoms with Crippen molar-refractivity contribution in [1.82, 2.24) is 0 Å². The molecule has 0 aliphatic heterocycles. The number of benzene rings is 2. The Morgan fingerprint density at radius 2 is 1.80 bits per heavy atom. The number of nitrogens with zero attached hydrogens (tertiary/aromatic N) is 1. The van der Waals surface area contributed by atoms with Gasteiger partial charge in [0.25, 0.3) is 0 Å². The normalized spacial score (nSPS) is 22.6. The minimum absolute atomic E-state index is 0.120. The molecule has 2 aliphatic carbocycles. The summed E-state index contributed by atoms with van der Waals surface area (Å²) >= 11 is 0. The number of rotatable bonds is 6. The number of carbonyl (C=O) groups excluding carboxylic acids is 1. The van der Waals surface area contributed by atoms with Gasteiger partial charge in [0.1, 0.15) is 17.6 Å². The zero-order valence-electron chi connectivity index (χ0n) is 17.5. The molecule has 1 unspecified atom stereocenters. The molecule has 2 aliphatic rings. The molecule has 0 spiro atoms. The van der Waals surface area contributed by atoms with Gasteiger partial charge in [-0.3, -0.25) is 4.79 Å². The fourth-order valence-electron chi connectivity index (χ4n) is 4.41. The maximum atomic E-state index is 12.9. The van der Waals surface area contributed by atoms with Gasteiger partial charge in [0.05, 0.1) is 5.92 Å². The Morgan fingerprint density at radius 3 is 2.50 bits per heavy atom. The van der Waals surface area contributed by atoms with E-state index in [0.717, 1.165) is 12.8 Å². The highest BCUT2D eigenvalue weighted by Crippen LogP contribution is 2.60. The molecule has 0 aromatic heterocycles. The smallest absolute Gasteiger partial charge is 0.311 e. The van der Waals surface area contributed by atoms with Crippen LogP contribution in [0.3, 0.4) is 0 Å². The number of carbonyl (C=O) groups is 1. The maximum absolute atomic E-state index is 12.9. The monoisotopic (exact) mass is 401 g/mol. The van der Waals surface area contributed by atoms with E-state index in [9.17, 15) is 10.1 Å². The highest BCUT2D eigenvalue weighted by molar-refractivity contribution is 5.78. The molecular formula is C26H27NO3. The Bertz CT molecular complexity index is 979. The van der Waals surface area contributed by atoms with Crippen LogP contribution in [0, 0.1) is 28.6 Å². The van der Waals surface area contributed by atoms with Gasteiger partial charge in [-0.1, -0.05) is 55.8 Å². The molecule has 0 N–H and O–H groups in total. The molecule has 3 atom stereocenters. The van der Waals surface area contributed by atoms with E-state index in [1.165, 1.54) is 18.4 Å². The molecule has 0 radical (unpaired) electrons. The lowest BCUT2D eigenvalue weighted by molar-refractivity contribution is -0.149. The van der Waals surface area contributed by atoms with Gasteiger partial charge in [-0.2, -0.15) is 5.26 Å². The summed E-state index contributed by atoms with van der Waals surface area (Å²) in [5, 5.41) is 9.66. The zero-order valence-corrected chi connectivity index (χ0v) is 17.5. The number of hydrogen-bond donors (Lipinski definition) is 0. The lowest BCUT2D eigenvalue weighted by Crippen LogP contribution is -2.14. The van der Waals surface area contributed by atoms with Crippen LogP contribution in [-0.4, -0.2) is 5.97 Å². The highest BCUT2D eigenvalue weighted by atomic mass is 16.5. The molecule has 0 bridgehead atoms. The van der Waals surface area contributed by atoms with Crippen molar-refractivity contribution in [2.45, 2.75) is 45.6 Å². The third kappa shape index (κ3) is 4.26. The summed E-state index contributed by atoms with van der Waals surface area (Å²) in [4.78, 5) is 12.9. The largest absolute Gasteiger partial charge is 0.457 e. The van der Waals surface area contributed by atoms with Crippen LogP contribution in [0.4, 0.5) is 0 Å². The summed E-state index contributed by atoms with van der Waals surface area (Å²) in [6.07, 6.45) is 6.10. The van der Waals surface area contributed by atoms with Crippen molar-refractivity contribution in [1.29, 1.82) is 5.26 Å². The van der Waals surface area contributed by atoms with Crippen LogP contribution in [0.1, 0.15) is 51.2 Å². The number of ether oxygens (including phenoxy) is 2. The van der Waals surface area contributed by atoms with Gasteiger partial charge < -0.3 is 9.47 Å². The van der Waals surface area contributed by atoms with E-state index in [4.69, 9.17) is 9.47 Å². The standard InChI is InChI=1S/C26H27NO3/c1-26(2)22(15-18-9-6-7-10-18)24(26)25(28)30-23(17-27)19-11-8-14-21(16-19)29-20-12-4-3-5-13-20/h3-5,8,11-16,22-24H,6-7,9-10H2,1-2H3/t22-,23?,24-/m0/s1. The minimum Gasteiger partial charge on any atom is -0.457 e. The van der Waals surface area contributed by atoms with Gasteiger partial charge in [0.2, 0.25) is 6.10 Å². The molecule has 2 aromatic rings. The van der Waals surface area contributed by atoms with E-state index in [-0.39, 0.29) is 23.2 Å². The van der Waals surface area contributed by atoms with E-state index in [2.05, 4.69) is 26.0 Å². The van der Waals surface area contributed by atoms with Crippen molar-refractivity contribution in [3.05, 3.63) is 71.8 Å². The van der Waals surface area contributed by atoms with Crippen LogP contribution in [0.25, 0.3) is 0 Å². The van der Waals surface area contributed by atoms with Gasteiger partial charge in [-0.25, -0.2) is 0 Å². The lowest BCUT2D eigenvalue weighted by atomic mass is 10.1. The van der Waals surface area contributed by atoms with Gasteiger partial charge in [0.15, 0.2) is 0 Å². The summed E-state index contributed by atoms with van der Waals surface area (Å²) in [6, 6.07) is 18.7. The summed E-state index contributed by atoms with van der Waals surface area (Å²) in [5.74, 6) is 1.03. The van der Waals surface area contributed by atoms with Crippen molar-refractivity contribution in [3.63, 3.8) is 0 Å². The first kappa shape index (κ1) is 20.2. The minimum atomic E-state index is -0.951. The third-order valence-corrected chi connectivity index (χ3v) is 6.32. The zero-order chi connectivity index (χ0) is 21.1. The van der Waals surface area contributed by atoms with Crippen LogP contribution in [0.2, 0.25) is 0 Å². The summed E-state index contributed by atoms with van der Waals surface area (Å²) < 4.78 is 11.5. The molecule has 154 valence electrons. The maximum Gasteiger partial charge on any atom is 0.311 e. The van der Waals surface area contributed by atoms with Gasteiger partial charge in [-0.15, -0.1) is 0 Å². The first-order valence-electron chi connectivity index (χ1n) is 10.6. The van der Waals surface area contributed by atoms with Crippen molar-refractivity contribution in [3.8, 4) is 17.6 Å². The molecule has 4 nitrogen and oxygen atoms in total. The molecule has 2 fully saturated rings. The molecule has 2 aromatic carbocycles. The number of allylic oxidation sites excluding steroid dienone is 2. The molecule has 30 heavy (non-hydrogen) atoms. The van der Waals surface area contributed by atoms with E-state index < -0.39 is 6.10 Å². The van der Waals surface area contributed by atoms with Crippen molar-refractivity contribution < 1.29 is 14.3 Å². The lowest BCUT2D eigenvalue weighted by Gasteiger charge is -2.13. The van der Waals surface area contributed by atoms with Crippen LogP contribution in [-0.2, 0) is 9.53 Å². The fraction of sp³-hybridized carbons (Fsp3) is 0.385. The van der Waals surface area contributed by atoms with E-state index >= 15 is 0 Å². The van der Waals surface area contributed by atoms with E-state index in [1.54, 1.807) is 18.2 Å². The summed E-state index contributed by atoms with van der Waals surface area (Å²) in [6.45, 7) is 4.20. The highest BCUT2D eigenvalue weighted by Gasteiger charge is 2.61. The van der Waals surface area contributed by atoms with Crippen LogP contribution < -0.4 is 4.74 Å². The van der Waals surface area contributed by atoms with Crippen molar-refractivity contribution in [2.24, 2.45) is 17.3 Å². The molecule has 4 rings (SSSR count). The average Bonchev–Trinajstić information content (AvgIpc) is 3.07. The topological polar surface area (TPSA) is 59.3 Å². The Hall–Kier alpha value is -3.06. The number of para-hydroxylation sites is 1. The number of hydrogen-bond acceptors (Lipinski definition) is 4. The SMILES string of the molecule is CC1(C)[C@H](C(=O)OC(C#N)c2cccc(Oc3ccccc3)c2)[C@@H]1C=C1CCCC1. The predicted octanol–water partition coefficient (Wildman–Crippen LogP) is 6.36. The molecular weight excluding hydrogens is 374 g/mol. The first-order chi connectivity index (χ1) is 14.5. The van der Waals surface area contributed by atoms with E-state index in [1.807, 2.05) is 36.4 Å². The molecule has 0 amide bonds. The van der Waals surface area contributed by atoms with Crippen molar-refractivity contribution in [2.75, 3.05) is 0 Å². The molecule has 0 saturated heterocycles. The third-order valence-electron chi connectivity index (χ3n) is 6.32. The molecule has 2 saturated carbocycles. The number of esters is 1. The van der Waals surface area contributed by atoms with Crippen molar-refractivity contribution >= 4 is 5.97 Å². The predicted molar refractivity (Wildman–Crippen MR) is 115 cm³/mol. The Labute approximate surface area is 178 Å². The second-order valence-corrected chi connectivity index (χ2v) is 8.79. The Kier molecular flexibility index (Phi) is 5.63. The van der Waals surface area contributed by atoms with Crippen LogP contribution in [0.5, 0.6) is 11.5 Å². The van der Waals surface area contributed by atoms with Gasteiger partial charge in [-0.05, 0) is 61.3 Å². The Morgan fingerprint density at radius 1 is 1.10 bits per heavy atom. The second-order valence-electron chi connectivity index (χ2n) is 8.79. The van der Waals surface area contributed by atoms with Gasteiger partial charge in [0, 0.05) is 5.56 Å². The molecule has 4 heteroatoms. The average molecular weight is 402 g/mol. The molecule has 0 heterocycles. The summed E-state index contributed by atoms with van der Waals surface area (Å²) in [7, 11) is 0. The first-order valence-corrected chi connectivity index (χ1v) is 10.6. The fourth-order valence-corrected chi connectivity index (χ4v) is 4.41. The summed E-state index contributed by atoms with van der Waals surface area (Å²) in [5.41, 5.74) is 1.96.